The molecule has 1 aromatic carbocycles. The van der Waals surface area contributed by atoms with E-state index in [2.05, 4.69) is 5.32 Å². The summed E-state index contributed by atoms with van der Waals surface area (Å²) in [6.45, 7) is 2.25. The molecule has 0 fully saturated rings. The van der Waals surface area contributed by atoms with E-state index in [1.54, 1.807) is 0 Å². The Morgan fingerprint density at radius 2 is 1.96 bits per heavy atom. The lowest BCUT2D eigenvalue weighted by Crippen LogP contribution is -2.26. The molecule has 0 aliphatic carbocycles. The number of carbonyl (C=O) groups excluding carboxylic acids is 1. The number of rotatable bonds is 9. The van der Waals surface area contributed by atoms with Gasteiger partial charge in [-0.1, -0.05) is 36.2 Å². The van der Waals surface area contributed by atoms with E-state index in [9.17, 15) is 22.8 Å². The smallest absolute Gasteiger partial charge is 0.389 e. The van der Waals surface area contributed by atoms with Crippen LogP contribution in [0.2, 0.25) is 0 Å². The SMILES string of the molecule is Cc1cccc(CC(=O)NCCCCC(CC(F)(F)F)C(=O)O)c1. The largest absolute Gasteiger partial charge is 0.481 e. The zero-order valence-electron chi connectivity index (χ0n) is 13.5. The van der Waals surface area contributed by atoms with Crippen LogP contribution in [0.25, 0.3) is 0 Å². The molecule has 0 spiro atoms. The predicted octanol–water partition coefficient (Wildman–Crippen LogP) is 3.48. The third-order valence-electron chi connectivity index (χ3n) is 3.58. The van der Waals surface area contributed by atoms with Gasteiger partial charge in [0, 0.05) is 6.54 Å². The molecule has 24 heavy (non-hydrogen) atoms. The molecule has 4 nitrogen and oxygen atoms in total. The zero-order chi connectivity index (χ0) is 18.2. The maximum atomic E-state index is 12.3. The molecule has 1 amide bonds. The molecular formula is C17H22F3NO3. The Morgan fingerprint density at radius 3 is 2.54 bits per heavy atom. The monoisotopic (exact) mass is 345 g/mol. The Morgan fingerprint density at radius 1 is 1.25 bits per heavy atom. The molecule has 7 heteroatoms. The normalized spacial score (nSPS) is 12.7. The van der Waals surface area contributed by atoms with Crippen molar-refractivity contribution in [1.29, 1.82) is 0 Å². The molecule has 0 aliphatic rings. The number of amides is 1. The Labute approximate surface area is 139 Å². The molecule has 0 radical (unpaired) electrons. The second-order valence-electron chi connectivity index (χ2n) is 5.87. The van der Waals surface area contributed by atoms with E-state index in [0.29, 0.717) is 19.4 Å². The fraction of sp³-hybridized carbons (Fsp3) is 0.529. The summed E-state index contributed by atoms with van der Waals surface area (Å²) in [6.07, 6.45) is -4.85. The fourth-order valence-electron chi connectivity index (χ4n) is 2.41. The lowest BCUT2D eigenvalue weighted by molar-refractivity contribution is -0.164. The Kier molecular flexibility index (Phi) is 7.74. The van der Waals surface area contributed by atoms with E-state index in [0.717, 1.165) is 11.1 Å². The van der Waals surface area contributed by atoms with Gasteiger partial charge in [0.2, 0.25) is 5.91 Å². The van der Waals surface area contributed by atoms with Crippen LogP contribution < -0.4 is 5.32 Å². The average Bonchev–Trinajstić information content (AvgIpc) is 2.44. The number of alkyl halides is 3. The molecule has 134 valence electrons. The van der Waals surface area contributed by atoms with Crippen molar-refractivity contribution in [3.8, 4) is 0 Å². The quantitative estimate of drug-likeness (QED) is 0.674. The van der Waals surface area contributed by atoms with Gasteiger partial charge in [0.25, 0.3) is 0 Å². The summed E-state index contributed by atoms with van der Waals surface area (Å²) in [4.78, 5) is 22.6. The maximum absolute atomic E-state index is 12.3. The number of carboxylic acids is 1. The van der Waals surface area contributed by atoms with Gasteiger partial charge < -0.3 is 10.4 Å². The van der Waals surface area contributed by atoms with E-state index in [-0.39, 0.29) is 18.7 Å². The second kappa shape index (κ2) is 9.30. The van der Waals surface area contributed by atoms with Crippen LogP contribution >= 0.6 is 0 Å². The topological polar surface area (TPSA) is 66.4 Å². The summed E-state index contributed by atoms with van der Waals surface area (Å²) in [6, 6.07) is 7.56. The average molecular weight is 345 g/mol. The maximum Gasteiger partial charge on any atom is 0.389 e. The first-order chi connectivity index (χ1) is 11.2. The third kappa shape index (κ3) is 8.55. The molecule has 0 saturated carbocycles. The van der Waals surface area contributed by atoms with Crippen molar-refractivity contribution >= 4 is 11.9 Å². The van der Waals surface area contributed by atoms with Gasteiger partial charge in [-0.25, -0.2) is 0 Å². The lowest BCUT2D eigenvalue weighted by Gasteiger charge is -2.14. The highest BCUT2D eigenvalue weighted by molar-refractivity contribution is 5.78. The van der Waals surface area contributed by atoms with E-state index < -0.39 is 24.5 Å². The molecule has 1 rings (SSSR count). The molecule has 1 unspecified atom stereocenters. The van der Waals surface area contributed by atoms with Crippen LogP contribution in [0, 0.1) is 12.8 Å². The number of benzene rings is 1. The number of hydrogen-bond acceptors (Lipinski definition) is 2. The minimum atomic E-state index is -4.48. The molecule has 1 aromatic rings. The molecule has 1 atom stereocenters. The van der Waals surface area contributed by atoms with Crippen molar-refractivity contribution in [2.24, 2.45) is 5.92 Å². The van der Waals surface area contributed by atoms with Crippen LogP contribution in [-0.4, -0.2) is 29.7 Å². The number of carbonyl (C=O) groups is 2. The van der Waals surface area contributed by atoms with Crippen molar-refractivity contribution in [3.05, 3.63) is 35.4 Å². The van der Waals surface area contributed by atoms with Gasteiger partial charge in [-0.2, -0.15) is 13.2 Å². The van der Waals surface area contributed by atoms with Crippen molar-refractivity contribution < 1.29 is 27.9 Å². The predicted molar refractivity (Wildman–Crippen MR) is 83.5 cm³/mol. The molecule has 0 aliphatic heterocycles. The van der Waals surface area contributed by atoms with E-state index >= 15 is 0 Å². The summed E-state index contributed by atoms with van der Waals surface area (Å²) in [5.41, 5.74) is 1.95. The second-order valence-corrected chi connectivity index (χ2v) is 5.87. The Bertz CT molecular complexity index is 558. The summed E-state index contributed by atoms with van der Waals surface area (Å²) < 4.78 is 36.8. The first kappa shape index (κ1) is 20.0. The van der Waals surface area contributed by atoms with Crippen LogP contribution in [0.5, 0.6) is 0 Å². The number of carboxylic acid groups (broad SMARTS) is 1. The third-order valence-corrected chi connectivity index (χ3v) is 3.58. The summed E-state index contributed by atoms with van der Waals surface area (Å²) in [5, 5.41) is 11.5. The lowest BCUT2D eigenvalue weighted by atomic mass is 9.98. The summed E-state index contributed by atoms with van der Waals surface area (Å²) in [5.74, 6) is -3.02. The standard InChI is InChI=1S/C17H22F3NO3/c1-12-5-4-6-13(9-12)10-15(22)21-8-3-2-7-14(16(23)24)11-17(18,19)20/h4-6,9,14H,2-3,7-8,10-11H2,1H3,(H,21,22)(H,23,24). The molecular weight excluding hydrogens is 323 g/mol. The van der Waals surface area contributed by atoms with Gasteiger partial charge in [-0.3, -0.25) is 9.59 Å². The van der Waals surface area contributed by atoms with E-state index in [4.69, 9.17) is 5.11 Å². The van der Waals surface area contributed by atoms with Gasteiger partial charge in [-0.15, -0.1) is 0 Å². The van der Waals surface area contributed by atoms with Crippen LogP contribution in [0.1, 0.15) is 36.8 Å². The number of aryl methyl sites for hydroxylation is 1. The zero-order valence-corrected chi connectivity index (χ0v) is 13.5. The number of halogens is 3. The van der Waals surface area contributed by atoms with Crippen LogP contribution in [0.15, 0.2) is 24.3 Å². The van der Waals surface area contributed by atoms with Gasteiger partial charge in [0.1, 0.15) is 0 Å². The van der Waals surface area contributed by atoms with Crippen molar-refractivity contribution in [2.45, 2.75) is 45.2 Å². The van der Waals surface area contributed by atoms with Crippen LogP contribution in [0.4, 0.5) is 13.2 Å². The number of nitrogens with one attached hydrogen (secondary N) is 1. The van der Waals surface area contributed by atoms with Crippen molar-refractivity contribution in [1.82, 2.24) is 5.32 Å². The van der Waals surface area contributed by atoms with Crippen molar-refractivity contribution in [3.63, 3.8) is 0 Å². The van der Waals surface area contributed by atoms with E-state index in [1.807, 2.05) is 31.2 Å². The highest BCUT2D eigenvalue weighted by Crippen LogP contribution is 2.27. The summed E-state index contributed by atoms with van der Waals surface area (Å²) in [7, 11) is 0. The molecule has 2 N–H and O–H groups in total. The van der Waals surface area contributed by atoms with Gasteiger partial charge in [0.15, 0.2) is 0 Å². The molecule has 0 heterocycles. The first-order valence-corrected chi connectivity index (χ1v) is 7.79. The van der Waals surface area contributed by atoms with E-state index in [1.165, 1.54) is 0 Å². The minimum absolute atomic E-state index is 0.0530. The molecule has 0 aromatic heterocycles. The highest BCUT2D eigenvalue weighted by Gasteiger charge is 2.34. The van der Waals surface area contributed by atoms with Gasteiger partial charge in [0.05, 0.1) is 18.8 Å². The first-order valence-electron chi connectivity index (χ1n) is 7.79. The minimum Gasteiger partial charge on any atom is -0.481 e. The Balaban J connectivity index is 2.25. The van der Waals surface area contributed by atoms with Gasteiger partial charge >= 0.3 is 12.1 Å². The Hall–Kier alpha value is -2.05. The fourth-order valence-corrected chi connectivity index (χ4v) is 2.41. The summed E-state index contributed by atoms with van der Waals surface area (Å²) >= 11 is 0. The van der Waals surface area contributed by atoms with Crippen molar-refractivity contribution in [2.75, 3.05) is 6.54 Å². The number of unbranched alkanes of at least 4 members (excludes halogenated alkanes) is 1. The van der Waals surface area contributed by atoms with Gasteiger partial charge in [-0.05, 0) is 25.3 Å². The number of hydrogen-bond donors (Lipinski definition) is 2. The van der Waals surface area contributed by atoms with Crippen LogP contribution in [-0.2, 0) is 16.0 Å². The highest BCUT2D eigenvalue weighted by atomic mass is 19.4. The number of aliphatic carboxylic acids is 1. The molecule has 0 bridgehead atoms. The van der Waals surface area contributed by atoms with Crippen LogP contribution in [0.3, 0.4) is 0 Å². The molecule has 0 saturated heterocycles.